The first-order valence-electron chi connectivity index (χ1n) is 6.53. The summed E-state index contributed by atoms with van der Waals surface area (Å²) in [6.07, 6.45) is 1.46. The minimum absolute atomic E-state index is 0.307. The molecule has 0 aliphatic rings. The SMILES string of the molecule is C[C@@H](NC(=O)COC(=O)c1cc(F)c(F)cc1Cl)c1ccco1. The molecule has 0 bridgehead atoms. The third-order valence-electron chi connectivity index (χ3n) is 2.91. The van der Waals surface area contributed by atoms with Crippen LogP contribution in [0.2, 0.25) is 5.02 Å². The minimum Gasteiger partial charge on any atom is -0.467 e. The van der Waals surface area contributed by atoms with Crippen molar-refractivity contribution in [2.24, 2.45) is 0 Å². The van der Waals surface area contributed by atoms with Gasteiger partial charge >= 0.3 is 5.97 Å². The van der Waals surface area contributed by atoms with E-state index >= 15 is 0 Å². The van der Waals surface area contributed by atoms with Crippen molar-refractivity contribution in [3.05, 3.63) is 58.5 Å². The van der Waals surface area contributed by atoms with Crippen LogP contribution in [0.25, 0.3) is 0 Å². The molecule has 1 aromatic heterocycles. The fraction of sp³-hybridized carbons (Fsp3) is 0.200. The monoisotopic (exact) mass is 343 g/mol. The van der Waals surface area contributed by atoms with Gasteiger partial charge in [-0.2, -0.15) is 0 Å². The summed E-state index contributed by atoms with van der Waals surface area (Å²) in [6, 6.07) is 4.21. The highest BCUT2D eigenvalue weighted by Crippen LogP contribution is 2.20. The lowest BCUT2D eigenvalue weighted by molar-refractivity contribution is -0.125. The first-order chi connectivity index (χ1) is 10.9. The van der Waals surface area contributed by atoms with E-state index < -0.39 is 36.2 Å². The maximum atomic E-state index is 13.1. The normalized spacial score (nSPS) is 11.8. The van der Waals surface area contributed by atoms with Crippen LogP contribution in [0.1, 0.15) is 29.1 Å². The van der Waals surface area contributed by atoms with E-state index in [0.29, 0.717) is 17.9 Å². The number of amides is 1. The van der Waals surface area contributed by atoms with Gasteiger partial charge in [0.15, 0.2) is 18.2 Å². The predicted molar refractivity (Wildman–Crippen MR) is 76.9 cm³/mol. The quantitative estimate of drug-likeness (QED) is 0.668. The molecule has 1 atom stereocenters. The average molecular weight is 344 g/mol. The molecule has 0 saturated carbocycles. The molecular weight excluding hydrogens is 332 g/mol. The van der Waals surface area contributed by atoms with Gasteiger partial charge in [0.25, 0.3) is 5.91 Å². The summed E-state index contributed by atoms with van der Waals surface area (Å²) >= 11 is 5.64. The second-order valence-corrected chi connectivity index (χ2v) is 5.03. The van der Waals surface area contributed by atoms with Crippen LogP contribution >= 0.6 is 11.6 Å². The third kappa shape index (κ3) is 4.29. The molecule has 1 heterocycles. The Bertz CT molecular complexity index is 719. The molecule has 122 valence electrons. The molecule has 0 saturated heterocycles. The van der Waals surface area contributed by atoms with Crippen LogP contribution in [0.5, 0.6) is 0 Å². The van der Waals surface area contributed by atoms with E-state index in [-0.39, 0.29) is 10.6 Å². The average Bonchev–Trinajstić information content (AvgIpc) is 3.03. The number of halogens is 3. The maximum Gasteiger partial charge on any atom is 0.340 e. The Hall–Kier alpha value is -2.41. The van der Waals surface area contributed by atoms with E-state index in [1.54, 1.807) is 19.1 Å². The zero-order chi connectivity index (χ0) is 17.0. The van der Waals surface area contributed by atoms with Gasteiger partial charge in [-0.05, 0) is 31.2 Å². The van der Waals surface area contributed by atoms with Crippen molar-refractivity contribution < 1.29 is 27.5 Å². The third-order valence-corrected chi connectivity index (χ3v) is 3.22. The second kappa shape index (κ2) is 7.23. The number of hydrogen-bond donors (Lipinski definition) is 1. The van der Waals surface area contributed by atoms with Crippen LogP contribution in [0.3, 0.4) is 0 Å². The lowest BCUT2D eigenvalue weighted by Gasteiger charge is -2.12. The molecule has 1 N–H and O–H groups in total. The van der Waals surface area contributed by atoms with Gasteiger partial charge in [-0.15, -0.1) is 0 Å². The fourth-order valence-electron chi connectivity index (χ4n) is 1.78. The zero-order valence-corrected chi connectivity index (χ0v) is 12.7. The molecule has 0 aliphatic heterocycles. The highest BCUT2D eigenvalue weighted by Gasteiger charge is 2.18. The minimum atomic E-state index is -1.24. The highest BCUT2D eigenvalue weighted by atomic mass is 35.5. The second-order valence-electron chi connectivity index (χ2n) is 4.63. The van der Waals surface area contributed by atoms with Gasteiger partial charge in [0.2, 0.25) is 0 Å². The summed E-state index contributed by atoms with van der Waals surface area (Å²) in [5.41, 5.74) is -0.363. The van der Waals surface area contributed by atoms with Crippen molar-refractivity contribution in [3.8, 4) is 0 Å². The number of furan rings is 1. The number of nitrogens with one attached hydrogen (secondary N) is 1. The number of rotatable bonds is 5. The van der Waals surface area contributed by atoms with Gasteiger partial charge in [-0.25, -0.2) is 13.6 Å². The summed E-state index contributed by atoms with van der Waals surface area (Å²) in [5.74, 6) is -3.50. The van der Waals surface area contributed by atoms with Gasteiger partial charge in [-0.3, -0.25) is 4.79 Å². The maximum absolute atomic E-state index is 13.1. The topological polar surface area (TPSA) is 68.5 Å². The predicted octanol–water partition coefficient (Wildman–Crippen LogP) is 3.25. The van der Waals surface area contributed by atoms with Crippen molar-refractivity contribution in [1.29, 1.82) is 0 Å². The molecule has 0 spiro atoms. The molecule has 2 rings (SSSR count). The van der Waals surface area contributed by atoms with Crippen LogP contribution in [-0.2, 0) is 9.53 Å². The molecule has 1 amide bonds. The molecular formula is C15H12ClF2NO4. The van der Waals surface area contributed by atoms with Crippen molar-refractivity contribution in [2.75, 3.05) is 6.61 Å². The van der Waals surface area contributed by atoms with Gasteiger partial charge in [0.1, 0.15) is 5.76 Å². The van der Waals surface area contributed by atoms with Crippen LogP contribution in [0.4, 0.5) is 8.78 Å². The largest absolute Gasteiger partial charge is 0.467 e. The molecule has 0 radical (unpaired) electrons. The standard InChI is InChI=1S/C15H12ClF2NO4/c1-8(13-3-2-4-22-13)19-14(20)7-23-15(21)9-5-11(17)12(18)6-10(9)16/h2-6,8H,7H2,1H3,(H,19,20)/t8-/m1/s1. The van der Waals surface area contributed by atoms with E-state index in [0.717, 1.165) is 0 Å². The Morgan fingerprint density at radius 2 is 2.04 bits per heavy atom. The first kappa shape index (κ1) is 17.0. The van der Waals surface area contributed by atoms with Gasteiger partial charge in [-0.1, -0.05) is 11.6 Å². The summed E-state index contributed by atoms with van der Waals surface area (Å²) in [6.45, 7) is 1.09. The Morgan fingerprint density at radius 3 is 2.70 bits per heavy atom. The summed E-state index contributed by atoms with van der Waals surface area (Å²) < 4.78 is 35.9. The lowest BCUT2D eigenvalue weighted by Crippen LogP contribution is -2.31. The van der Waals surface area contributed by atoms with Gasteiger partial charge in [0.05, 0.1) is 22.9 Å². The summed E-state index contributed by atoms with van der Waals surface area (Å²) in [7, 11) is 0. The number of carbonyl (C=O) groups excluding carboxylic acids is 2. The van der Waals surface area contributed by atoms with E-state index in [9.17, 15) is 18.4 Å². The van der Waals surface area contributed by atoms with Crippen molar-refractivity contribution in [3.63, 3.8) is 0 Å². The molecule has 2 aromatic rings. The number of ether oxygens (including phenoxy) is 1. The molecule has 5 nitrogen and oxygen atoms in total. The highest BCUT2D eigenvalue weighted by molar-refractivity contribution is 6.33. The molecule has 0 unspecified atom stereocenters. The molecule has 1 aromatic carbocycles. The number of benzene rings is 1. The zero-order valence-electron chi connectivity index (χ0n) is 11.9. The summed E-state index contributed by atoms with van der Waals surface area (Å²) in [4.78, 5) is 23.4. The van der Waals surface area contributed by atoms with Crippen LogP contribution in [0, 0.1) is 11.6 Å². The van der Waals surface area contributed by atoms with E-state index in [1.807, 2.05) is 0 Å². The Kier molecular flexibility index (Phi) is 5.33. The number of carbonyl (C=O) groups is 2. The summed E-state index contributed by atoms with van der Waals surface area (Å²) in [5, 5.41) is 2.24. The smallest absolute Gasteiger partial charge is 0.340 e. The fourth-order valence-corrected chi connectivity index (χ4v) is 2.01. The number of hydrogen-bond acceptors (Lipinski definition) is 4. The van der Waals surface area contributed by atoms with Crippen molar-refractivity contribution in [1.82, 2.24) is 5.32 Å². The van der Waals surface area contributed by atoms with Crippen LogP contribution in [-0.4, -0.2) is 18.5 Å². The van der Waals surface area contributed by atoms with Gasteiger partial charge < -0.3 is 14.5 Å². The van der Waals surface area contributed by atoms with E-state index in [4.69, 9.17) is 20.8 Å². The van der Waals surface area contributed by atoms with Crippen molar-refractivity contribution >= 4 is 23.5 Å². The van der Waals surface area contributed by atoms with Crippen LogP contribution < -0.4 is 5.32 Å². The molecule has 0 aliphatic carbocycles. The lowest BCUT2D eigenvalue weighted by atomic mass is 10.2. The van der Waals surface area contributed by atoms with Crippen molar-refractivity contribution in [2.45, 2.75) is 13.0 Å². The molecule has 23 heavy (non-hydrogen) atoms. The van der Waals surface area contributed by atoms with Crippen LogP contribution in [0.15, 0.2) is 34.9 Å². The Balaban J connectivity index is 1.91. The Labute approximate surface area is 135 Å². The Morgan fingerprint density at radius 1 is 1.35 bits per heavy atom. The molecule has 8 heteroatoms. The van der Waals surface area contributed by atoms with E-state index in [1.165, 1.54) is 6.26 Å². The van der Waals surface area contributed by atoms with Gasteiger partial charge in [0, 0.05) is 0 Å². The number of esters is 1. The first-order valence-corrected chi connectivity index (χ1v) is 6.90. The van der Waals surface area contributed by atoms with E-state index in [2.05, 4.69) is 5.32 Å². The molecule has 0 fully saturated rings.